The number of rotatable bonds is 4. The van der Waals surface area contributed by atoms with Crippen LogP contribution in [0.25, 0.3) is 0 Å². The number of halogens is 3. The predicted octanol–water partition coefficient (Wildman–Crippen LogP) is 3.25. The first-order valence-electron chi connectivity index (χ1n) is 5.90. The maximum atomic E-state index is 13.0. The van der Waals surface area contributed by atoms with Crippen molar-refractivity contribution in [2.24, 2.45) is 0 Å². The van der Waals surface area contributed by atoms with Gasteiger partial charge in [-0.25, -0.2) is 13.2 Å². The fourth-order valence-corrected chi connectivity index (χ4v) is 1.97. The van der Waals surface area contributed by atoms with Crippen LogP contribution in [0.3, 0.4) is 0 Å². The summed E-state index contributed by atoms with van der Waals surface area (Å²) in [5, 5.41) is 9.87. The molecule has 0 fully saturated rings. The van der Waals surface area contributed by atoms with Crippen LogP contribution in [0.1, 0.15) is 11.1 Å². The Kier molecular flexibility index (Phi) is 4.22. The number of hydrogen-bond donors (Lipinski definition) is 1. The van der Waals surface area contributed by atoms with Crippen molar-refractivity contribution < 1.29 is 18.3 Å². The lowest BCUT2D eigenvalue weighted by molar-refractivity contribution is 0.175. The molecule has 1 atom stereocenters. The van der Waals surface area contributed by atoms with Crippen LogP contribution < -0.4 is 0 Å². The van der Waals surface area contributed by atoms with Gasteiger partial charge in [0.1, 0.15) is 17.5 Å². The van der Waals surface area contributed by atoms with Gasteiger partial charge in [-0.1, -0.05) is 12.1 Å². The Hall–Kier alpha value is -1.81. The summed E-state index contributed by atoms with van der Waals surface area (Å²) < 4.78 is 38.7. The molecule has 1 nitrogen and oxygen atoms in total. The third kappa shape index (κ3) is 4.10. The molecule has 2 aromatic carbocycles. The average Bonchev–Trinajstić information content (AvgIpc) is 2.30. The third-order valence-electron chi connectivity index (χ3n) is 2.78. The Morgan fingerprint density at radius 3 is 1.84 bits per heavy atom. The summed E-state index contributed by atoms with van der Waals surface area (Å²) in [7, 11) is 0. The van der Waals surface area contributed by atoms with Gasteiger partial charge in [0.2, 0.25) is 0 Å². The SMILES string of the molecule is OC(Cc1ccc(F)cc1)Cc1cc(F)cc(F)c1. The molecule has 0 heterocycles. The molecule has 2 aromatic rings. The van der Waals surface area contributed by atoms with E-state index in [9.17, 15) is 18.3 Å². The van der Waals surface area contributed by atoms with Gasteiger partial charge in [-0.05, 0) is 48.2 Å². The third-order valence-corrected chi connectivity index (χ3v) is 2.78. The van der Waals surface area contributed by atoms with Crippen LogP contribution in [0.4, 0.5) is 13.2 Å². The summed E-state index contributed by atoms with van der Waals surface area (Å²) >= 11 is 0. The molecule has 0 saturated heterocycles. The highest BCUT2D eigenvalue weighted by atomic mass is 19.1. The van der Waals surface area contributed by atoms with Gasteiger partial charge in [-0.15, -0.1) is 0 Å². The average molecular weight is 266 g/mol. The van der Waals surface area contributed by atoms with Gasteiger partial charge in [-0.2, -0.15) is 0 Å². The minimum absolute atomic E-state index is 0.145. The van der Waals surface area contributed by atoms with Crippen LogP contribution in [0.2, 0.25) is 0 Å². The molecule has 0 radical (unpaired) electrons. The van der Waals surface area contributed by atoms with Crippen molar-refractivity contribution in [3.63, 3.8) is 0 Å². The van der Waals surface area contributed by atoms with E-state index in [-0.39, 0.29) is 12.2 Å². The van der Waals surface area contributed by atoms with Crippen molar-refractivity contribution in [3.8, 4) is 0 Å². The van der Waals surface area contributed by atoms with Gasteiger partial charge < -0.3 is 5.11 Å². The van der Waals surface area contributed by atoms with Crippen LogP contribution in [0, 0.1) is 17.5 Å². The quantitative estimate of drug-likeness (QED) is 0.900. The largest absolute Gasteiger partial charge is 0.392 e. The fourth-order valence-electron chi connectivity index (χ4n) is 1.97. The summed E-state index contributed by atoms with van der Waals surface area (Å²) in [4.78, 5) is 0. The van der Waals surface area contributed by atoms with Crippen molar-refractivity contribution in [2.45, 2.75) is 18.9 Å². The molecule has 0 amide bonds. The molecule has 100 valence electrons. The summed E-state index contributed by atoms with van der Waals surface area (Å²) in [5.41, 5.74) is 1.16. The van der Waals surface area contributed by atoms with E-state index in [2.05, 4.69) is 0 Å². The van der Waals surface area contributed by atoms with Crippen molar-refractivity contribution in [1.82, 2.24) is 0 Å². The lowest BCUT2D eigenvalue weighted by Crippen LogP contribution is -2.14. The predicted molar refractivity (Wildman–Crippen MR) is 66.2 cm³/mol. The van der Waals surface area contributed by atoms with Gasteiger partial charge in [0.25, 0.3) is 0 Å². The van der Waals surface area contributed by atoms with Crippen LogP contribution in [0.15, 0.2) is 42.5 Å². The first-order chi connectivity index (χ1) is 9.02. The first kappa shape index (κ1) is 13.6. The molecule has 1 N–H and O–H groups in total. The highest BCUT2D eigenvalue weighted by Gasteiger charge is 2.09. The highest BCUT2D eigenvalue weighted by molar-refractivity contribution is 5.21. The molecular formula is C15H13F3O. The molecule has 1 unspecified atom stereocenters. The Labute approximate surface area is 109 Å². The van der Waals surface area contributed by atoms with Gasteiger partial charge in [0.15, 0.2) is 0 Å². The van der Waals surface area contributed by atoms with Crippen molar-refractivity contribution in [2.75, 3.05) is 0 Å². The van der Waals surface area contributed by atoms with Gasteiger partial charge in [0, 0.05) is 6.07 Å². The topological polar surface area (TPSA) is 20.2 Å². The minimum Gasteiger partial charge on any atom is -0.392 e. The molecule has 0 saturated carbocycles. The summed E-state index contributed by atoms with van der Waals surface area (Å²) in [6, 6.07) is 8.94. The van der Waals surface area contributed by atoms with Gasteiger partial charge in [-0.3, -0.25) is 0 Å². The molecular weight excluding hydrogens is 253 g/mol. The van der Waals surface area contributed by atoms with Crippen molar-refractivity contribution in [1.29, 1.82) is 0 Å². The smallest absolute Gasteiger partial charge is 0.126 e. The molecule has 2 rings (SSSR count). The van der Waals surface area contributed by atoms with Gasteiger partial charge in [0.05, 0.1) is 6.10 Å². The molecule has 0 aromatic heterocycles. The maximum absolute atomic E-state index is 13.0. The van der Waals surface area contributed by atoms with E-state index in [1.165, 1.54) is 24.3 Å². The second-order valence-corrected chi connectivity index (χ2v) is 4.47. The molecule has 0 bridgehead atoms. The van der Waals surface area contributed by atoms with E-state index < -0.39 is 17.7 Å². The zero-order valence-corrected chi connectivity index (χ0v) is 10.1. The number of aliphatic hydroxyl groups excluding tert-OH is 1. The second kappa shape index (κ2) is 5.89. The van der Waals surface area contributed by atoms with E-state index in [0.29, 0.717) is 12.0 Å². The fraction of sp³-hybridized carbons (Fsp3) is 0.200. The Morgan fingerprint density at radius 2 is 1.26 bits per heavy atom. The molecule has 4 heteroatoms. The monoisotopic (exact) mass is 266 g/mol. The van der Waals surface area contributed by atoms with E-state index in [0.717, 1.165) is 11.6 Å². The van der Waals surface area contributed by atoms with Crippen molar-refractivity contribution >= 4 is 0 Å². The number of aliphatic hydroxyl groups is 1. The van der Waals surface area contributed by atoms with E-state index in [1.807, 2.05) is 0 Å². The Morgan fingerprint density at radius 1 is 0.737 bits per heavy atom. The summed E-state index contributed by atoms with van der Waals surface area (Å²) in [6.45, 7) is 0. The molecule has 19 heavy (non-hydrogen) atoms. The zero-order valence-electron chi connectivity index (χ0n) is 10.1. The van der Waals surface area contributed by atoms with E-state index >= 15 is 0 Å². The lowest BCUT2D eigenvalue weighted by atomic mass is 10.0. The van der Waals surface area contributed by atoms with Crippen LogP contribution in [-0.2, 0) is 12.8 Å². The normalized spacial score (nSPS) is 12.4. The Balaban J connectivity index is 2.00. The lowest BCUT2D eigenvalue weighted by Gasteiger charge is -2.11. The summed E-state index contributed by atoms with van der Waals surface area (Å²) in [5.74, 6) is -1.67. The number of benzene rings is 2. The molecule has 0 aliphatic rings. The maximum Gasteiger partial charge on any atom is 0.126 e. The van der Waals surface area contributed by atoms with E-state index in [4.69, 9.17) is 0 Å². The van der Waals surface area contributed by atoms with Crippen LogP contribution in [-0.4, -0.2) is 11.2 Å². The second-order valence-electron chi connectivity index (χ2n) is 4.47. The highest BCUT2D eigenvalue weighted by Crippen LogP contribution is 2.13. The molecule has 0 spiro atoms. The van der Waals surface area contributed by atoms with Crippen LogP contribution >= 0.6 is 0 Å². The molecule has 0 aliphatic carbocycles. The first-order valence-corrected chi connectivity index (χ1v) is 5.90. The van der Waals surface area contributed by atoms with Gasteiger partial charge >= 0.3 is 0 Å². The van der Waals surface area contributed by atoms with Crippen molar-refractivity contribution in [3.05, 3.63) is 71.0 Å². The zero-order chi connectivity index (χ0) is 13.8. The Bertz CT molecular complexity index is 532. The van der Waals surface area contributed by atoms with E-state index in [1.54, 1.807) is 12.1 Å². The summed E-state index contributed by atoms with van der Waals surface area (Å²) in [6.07, 6.45) is -0.323. The minimum atomic E-state index is -0.772. The van der Waals surface area contributed by atoms with Crippen LogP contribution in [0.5, 0.6) is 0 Å². The standard InChI is InChI=1S/C15H13F3O/c16-12-3-1-10(2-4-12)7-15(19)8-11-5-13(17)9-14(18)6-11/h1-6,9,15,19H,7-8H2. The molecule has 0 aliphatic heterocycles. The number of hydrogen-bond acceptors (Lipinski definition) is 1.